The van der Waals surface area contributed by atoms with Crippen molar-refractivity contribution in [2.75, 3.05) is 13.2 Å². The van der Waals surface area contributed by atoms with Gasteiger partial charge in [0.1, 0.15) is 0 Å². The van der Waals surface area contributed by atoms with Crippen LogP contribution < -0.4 is 0 Å². The van der Waals surface area contributed by atoms with E-state index in [0.717, 1.165) is 16.5 Å². The molecule has 0 bridgehead atoms. The molecular formula is C18H19F2N3O2. The summed E-state index contributed by atoms with van der Waals surface area (Å²) in [6, 6.07) is 7.92. The third-order valence-corrected chi connectivity index (χ3v) is 4.82. The van der Waals surface area contributed by atoms with Gasteiger partial charge in [0.2, 0.25) is 0 Å². The van der Waals surface area contributed by atoms with Crippen molar-refractivity contribution in [1.82, 2.24) is 14.7 Å². The fraction of sp³-hybridized carbons (Fsp3) is 0.444. The molecule has 0 amide bonds. The lowest BCUT2D eigenvalue weighted by atomic mass is 9.93. The Bertz CT molecular complexity index is 881. The molecule has 4 rings (SSSR count). The van der Waals surface area contributed by atoms with Crippen LogP contribution in [-0.4, -0.2) is 27.9 Å². The van der Waals surface area contributed by atoms with Crippen LogP contribution in [0.25, 0.3) is 10.9 Å². The first kappa shape index (κ1) is 16.2. The van der Waals surface area contributed by atoms with E-state index in [-0.39, 0.29) is 5.82 Å². The van der Waals surface area contributed by atoms with Crippen LogP contribution >= 0.6 is 0 Å². The van der Waals surface area contributed by atoms with Gasteiger partial charge in [-0.05, 0) is 29.9 Å². The third kappa shape index (κ3) is 2.93. The average molecular weight is 347 g/mol. The average Bonchev–Trinajstić information content (AvgIpc) is 3.24. The molecule has 25 heavy (non-hydrogen) atoms. The Balaban J connectivity index is 1.59. The van der Waals surface area contributed by atoms with E-state index in [1.54, 1.807) is 0 Å². The number of fused-ring (bicyclic) bond motifs is 1. The fourth-order valence-corrected chi connectivity index (χ4v) is 3.45. The van der Waals surface area contributed by atoms with Crippen LogP contribution in [-0.2, 0) is 24.1 Å². The van der Waals surface area contributed by atoms with Crippen LogP contribution in [0.15, 0.2) is 35.0 Å². The van der Waals surface area contributed by atoms with E-state index in [9.17, 15) is 8.78 Å². The number of hydrogen-bond acceptors (Lipinski definition) is 4. The molecule has 0 radical (unpaired) electrons. The summed E-state index contributed by atoms with van der Waals surface area (Å²) in [5.41, 5.74) is 2.02. The lowest BCUT2D eigenvalue weighted by molar-refractivity contribution is -0.121. The van der Waals surface area contributed by atoms with Gasteiger partial charge in [-0.15, -0.1) is 0 Å². The Labute approximate surface area is 143 Å². The molecule has 0 spiro atoms. The molecule has 7 heteroatoms. The van der Waals surface area contributed by atoms with Crippen LogP contribution in [0.1, 0.15) is 30.1 Å². The number of ether oxygens (including phenoxy) is 1. The Morgan fingerprint density at radius 2 is 2.04 bits per heavy atom. The molecule has 2 aromatic heterocycles. The van der Waals surface area contributed by atoms with Crippen molar-refractivity contribution in [3.63, 3.8) is 0 Å². The lowest BCUT2D eigenvalue weighted by Gasteiger charge is -2.27. The molecule has 3 aromatic rings. The summed E-state index contributed by atoms with van der Waals surface area (Å²) in [5.74, 6) is -4.25. The SMILES string of the molecule is Cn1ccc2cccc(Cc3noc(C(F)(F)C4CCOCC4)n3)c21. The fourth-order valence-electron chi connectivity index (χ4n) is 3.45. The molecule has 1 aromatic carbocycles. The van der Waals surface area contributed by atoms with Gasteiger partial charge in [-0.3, -0.25) is 0 Å². The lowest BCUT2D eigenvalue weighted by Crippen LogP contribution is -2.31. The first-order valence-electron chi connectivity index (χ1n) is 8.37. The number of aryl methyl sites for hydroxylation is 1. The van der Waals surface area contributed by atoms with Crippen LogP contribution in [0.2, 0.25) is 0 Å². The molecule has 1 fully saturated rings. The van der Waals surface area contributed by atoms with Crippen molar-refractivity contribution in [2.24, 2.45) is 13.0 Å². The van der Waals surface area contributed by atoms with Crippen LogP contribution in [0, 0.1) is 5.92 Å². The molecule has 5 nitrogen and oxygen atoms in total. The maximum Gasteiger partial charge on any atom is 0.327 e. The van der Waals surface area contributed by atoms with Gasteiger partial charge in [0.05, 0.1) is 5.52 Å². The minimum absolute atomic E-state index is 0.274. The first-order chi connectivity index (χ1) is 12.1. The van der Waals surface area contributed by atoms with E-state index in [4.69, 9.17) is 9.26 Å². The van der Waals surface area contributed by atoms with E-state index in [1.165, 1.54) is 0 Å². The maximum atomic E-state index is 14.6. The summed E-state index contributed by atoms with van der Waals surface area (Å²) in [6.45, 7) is 0.688. The van der Waals surface area contributed by atoms with Gasteiger partial charge in [0.15, 0.2) is 5.82 Å². The van der Waals surface area contributed by atoms with Crippen LogP contribution in [0.5, 0.6) is 0 Å². The number of aromatic nitrogens is 3. The molecule has 1 saturated heterocycles. The van der Waals surface area contributed by atoms with Gasteiger partial charge >= 0.3 is 5.92 Å². The van der Waals surface area contributed by atoms with Crippen molar-refractivity contribution in [3.8, 4) is 0 Å². The summed E-state index contributed by atoms with van der Waals surface area (Å²) in [5, 5.41) is 4.88. The molecule has 132 valence electrons. The molecule has 0 N–H and O–H groups in total. The topological polar surface area (TPSA) is 53.1 Å². The number of rotatable bonds is 4. The van der Waals surface area contributed by atoms with Crippen molar-refractivity contribution < 1.29 is 18.0 Å². The second-order valence-corrected chi connectivity index (χ2v) is 6.48. The molecule has 0 unspecified atom stereocenters. The van der Waals surface area contributed by atoms with Gasteiger partial charge in [-0.1, -0.05) is 23.4 Å². The van der Waals surface area contributed by atoms with Gasteiger partial charge in [0.25, 0.3) is 5.89 Å². The molecular weight excluding hydrogens is 328 g/mol. The van der Waals surface area contributed by atoms with Gasteiger partial charge < -0.3 is 13.8 Å². The zero-order valence-electron chi connectivity index (χ0n) is 13.9. The molecule has 0 saturated carbocycles. The van der Waals surface area contributed by atoms with Gasteiger partial charge in [-0.25, -0.2) is 0 Å². The second-order valence-electron chi connectivity index (χ2n) is 6.48. The maximum absolute atomic E-state index is 14.6. The standard InChI is InChI=1S/C18H19F2N3O2/c1-23-8-5-12-3-2-4-13(16(12)23)11-15-21-17(25-22-15)18(19,20)14-6-9-24-10-7-14/h2-5,8,14H,6-7,9-11H2,1H3. The predicted octanol–water partition coefficient (Wildman–Crippen LogP) is 3.67. The van der Waals surface area contributed by atoms with Crippen molar-refractivity contribution in [1.29, 1.82) is 0 Å². The molecule has 0 aliphatic carbocycles. The smallest absolute Gasteiger partial charge is 0.327 e. The number of halogens is 2. The zero-order valence-corrected chi connectivity index (χ0v) is 13.9. The highest BCUT2D eigenvalue weighted by atomic mass is 19.3. The molecule has 3 heterocycles. The Morgan fingerprint density at radius 3 is 2.84 bits per heavy atom. The van der Waals surface area contributed by atoms with Crippen LogP contribution in [0.3, 0.4) is 0 Å². The monoisotopic (exact) mass is 347 g/mol. The second kappa shape index (κ2) is 6.22. The van der Waals surface area contributed by atoms with Crippen molar-refractivity contribution in [3.05, 3.63) is 47.7 Å². The minimum Gasteiger partial charge on any atom is -0.381 e. The summed E-state index contributed by atoms with van der Waals surface area (Å²) >= 11 is 0. The Hall–Kier alpha value is -2.28. The van der Waals surface area contributed by atoms with Crippen molar-refractivity contribution in [2.45, 2.75) is 25.2 Å². The quantitative estimate of drug-likeness (QED) is 0.723. The molecule has 1 aliphatic rings. The number of para-hydroxylation sites is 1. The predicted molar refractivity (Wildman–Crippen MR) is 87.5 cm³/mol. The summed E-state index contributed by atoms with van der Waals surface area (Å²) < 4.78 is 41.3. The highest BCUT2D eigenvalue weighted by Crippen LogP contribution is 2.40. The normalized spacial score (nSPS) is 16.6. The minimum atomic E-state index is -3.12. The first-order valence-corrected chi connectivity index (χ1v) is 8.37. The largest absolute Gasteiger partial charge is 0.381 e. The van der Waals surface area contributed by atoms with E-state index in [2.05, 4.69) is 10.1 Å². The van der Waals surface area contributed by atoms with Crippen molar-refractivity contribution >= 4 is 10.9 Å². The number of nitrogens with zero attached hydrogens (tertiary/aromatic N) is 3. The Morgan fingerprint density at radius 1 is 1.24 bits per heavy atom. The van der Waals surface area contributed by atoms with E-state index >= 15 is 0 Å². The third-order valence-electron chi connectivity index (χ3n) is 4.82. The molecule has 0 atom stereocenters. The highest BCUT2D eigenvalue weighted by molar-refractivity contribution is 5.83. The summed E-state index contributed by atoms with van der Waals surface area (Å²) in [4.78, 5) is 4.00. The highest BCUT2D eigenvalue weighted by Gasteiger charge is 2.47. The summed E-state index contributed by atoms with van der Waals surface area (Å²) in [6.07, 6.45) is 2.92. The van der Waals surface area contributed by atoms with Gasteiger partial charge in [0, 0.05) is 38.8 Å². The van der Waals surface area contributed by atoms with Crippen LogP contribution in [0.4, 0.5) is 8.78 Å². The number of benzene rings is 1. The van der Waals surface area contributed by atoms with Gasteiger partial charge in [-0.2, -0.15) is 13.8 Å². The number of alkyl halides is 2. The Kier molecular flexibility index (Phi) is 4.03. The summed E-state index contributed by atoms with van der Waals surface area (Å²) in [7, 11) is 1.95. The van der Waals surface area contributed by atoms with E-state index in [1.807, 2.05) is 42.1 Å². The number of hydrogen-bond donors (Lipinski definition) is 0. The zero-order chi connectivity index (χ0) is 17.4. The molecule has 1 aliphatic heterocycles. The van der Waals surface area contributed by atoms with E-state index < -0.39 is 17.7 Å². The van der Waals surface area contributed by atoms with E-state index in [0.29, 0.717) is 32.5 Å².